The van der Waals surface area contributed by atoms with E-state index in [9.17, 15) is 4.79 Å². The van der Waals surface area contributed by atoms with E-state index in [2.05, 4.69) is 26.1 Å². The molecule has 0 aliphatic rings. The summed E-state index contributed by atoms with van der Waals surface area (Å²) in [4.78, 5) is 13.4. The first-order valence-corrected chi connectivity index (χ1v) is 7.71. The van der Waals surface area contributed by atoms with E-state index in [-0.39, 0.29) is 17.4 Å². The van der Waals surface area contributed by atoms with E-state index in [1.807, 2.05) is 48.7 Å². The zero-order valence-electron chi connectivity index (χ0n) is 12.4. The Hall–Kier alpha value is -1.61. The molecule has 1 aromatic heterocycles. The number of thiophene rings is 1. The number of hydrogen-bond donors (Lipinski definition) is 1. The lowest BCUT2D eigenvalue weighted by Crippen LogP contribution is -2.26. The van der Waals surface area contributed by atoms with Crippen LogP contribution in [0.25, 0.3) is 0 Å². The summed E-state index contributed by atoms with van der Waals surface area (Å²) in [5.41, 5.74) is 2.06. The molecular formula is C17H21NOS. The molecule has 0 fully saturated rings. The predicted molar refractivity (Wildman–Crippen MR) is 85.3 cm³/mol. The van der Waals surface area contributed by atoms with Gasteiger partial charge in [0, 0.05) is 10.4 Å². The van der Waals surface area contributed by atoms with E-state index in [1.165, 1.54) is 10.4 Å². The first-order valence-electron chi connectivity index (χ1n) is 6.83. The van der Waals surface area contributed by atoms with Crippen LogP contribution in [0.4, 0.5) is 0 Å². The smallest absolute Gasteiger partial charge is 0.251 e. The highest BCUT2D eigenvalue weighted by molar-refractivity contribution is 7.10. The summed E-state index contributed by atoms with van der Waals surface area (Å²) >= 11 is 1.66. The molecule has 2 rings (SSSR count). The molecule has 0 saturated heterocycles. The van der Waals surface area contributed by atoms with Gasteiger partial charge in [-0.05, 0) is 41.5 Å². The van der Waals surface area contributed by atoms with Gasteiger partial charge in [0.1, 0.15) is 0 Å². The van der Waals surface area contributed by atoms with Gasteiger partial charge in [0.25, 0.3) is 5.91 Å². The molecule has 0 aliphatic heterocycles. The highest BCUT2D eigenvalue weighted by Gasteiger charge is 2.15. The normalized spacial score (nSPS) is 13.0. The summed E-state index contributed by atoms with van der Waals surface area (Å²) in [6.07, 6.45) is 0. The predicted octanol–water partition coefficient (Wildman–Crippen LogP) is 4.54. The molecule has 1 atom stereocenters. The monoisotopic (exact) mass is 287 g/mol. The molecule has 0 saturated carbocycles. The van der Waals surface area contributed by atoms with Crippen molar-refractivity contribution in [2.75, 3.05) is 0 Å². The largest absolute Gasteiger partial charge is 0.345 e. The van der Waals surface area contributed by atoms with Gasteiger partial charge in [0.2, 0.25) is 0 Å². The number of carbonyl (C=O) groups is 1. The molecule has 1 heterocycles. The number of carbonyl (C=O) groups excluding carboxylic acids is 1. The van der Waals surface area contributed by atoms with Gasteiger partial charge < -0.3 is 5.32 Å². The standard InChI is InChI=1S/C17H21NOS/c1-12(15-6-5-11-20-15)18-16(19)13-7-9-14(10-8-13)17(2,3)4/h5-12H,1-4H3,(H,18,19)/t12-/m0/s1. The number of rotatable bonds is 3. The number of benzene rings is 1. The van der Waals surface area contributed by atoms with Crippen LogP contribution in [0.3, 0.4) is 0 Å². The minimum absolute atomic E-state index is 0.0219. The van der Waals surface area contributed by atoms with Gasteiger partial charge in [-0.3, -0.25) is 4.79 Å². The van der Waals surface area contributed by atoms with Gasteiger partial charge in [-0.15, -0.1) is 11.3 Å². The van der Waals surface area contributed by atoms with Crippen LogP contribution in [0.2, 0.25) is 0 Å². The molecule has 1 amide bonds. The van der Waals surface area contributed by atoms with Crippen molar-refractivity contribution < 1.29 is 4.79 Å². The van der Waals surface area contributed by atoms with E-state index in [0.29, 0.717) is 5.56 Å². The van der Waals surface area contributed by atoms with Crippen LogP contribution < -0.4 is 5.32 Å². The van der Waals surface area contributed by atoms with Crippen molar-refractivity contribution in [1.82, 2.24) is 5.32 Å². The second kappa shape index (κ2) is 5.80. The Labute approximate surface area is 124 Å². The molecule has 3 heteroatoms. The fourth-order valence-corrected chi connectivity index (χ4v) is 2.74. The SMILES string of the molecule is C[C@H](NC(=O)c1ccc(C(C)(C)C)cc1)c1cccs1. The fourth-order valence-electron chi connectivity index (χ4n) is 2.01. The van der Waals surface area contributed by atoms with Gasteiger partial charge in [0.15, 0.2) is 0 Å². The lowest BCUT2D eigenvalue weighted by molar-refractivity contribution is 0.0940. The van der Waals surface area contributed by atoms with Crippen LogP contribution in [-0.4, -0.2) is 5.91 Å². The van der Waals surface area contributed by atoms with Gasteiger partial charge in [0.05, 0.1) is 6.04 Å². The zero-order chi connectivity index (χ0) is 14.8. The van der Waals surface area contributed by atoms with Crippen molar-refractivity contribution in [2.45, 2.75) is 39.2 Å². The van der Waals surface area contributed by atoms with Crippen LogP contribution >= 0.6 is 11.3 Å². The van der Waals surface area contributed by atoms with E-state index in [0.717, 1.165) is 0 Å². The van der Waals surface area contributed by atoms with Crippen LogP contribution in [0.1, 0.15) is 54.5 Å². The maximum atomic E-state index is 12.2. The summed E-state index contributed by atoms with van der Waals surface area (Å²) in [5.74, 6) is -0.0219. The third-order valence-corrected chi connectivity index (χ3v) is 4.39. The van der Waals surface area contributed by atoms with Gasteiger partial charge in [-0.1, -0.05) is 39.0 Å². The average molecular weight is 287 g/mol. The third-order valence-electron chi connectivity index (χ3n) is 3.33. The quantitative estimate of drug-likeness (QED) is 0.882. The van der Waals surface area contributed by atoms with E-state index < -0.39 is 0 Å². The van der Waals surface area contributed by atoms with Crippen molar-refractivity contribution in [2.24, 2.45) is 0 Å². The lowest BCUT2D eigenvalue weighted by atomic mass is 9.86. The lowest BCUT2D eigenvalue weighted by Gasteiger charge is -2.19. The zero-order valence-corrected chi connectivity index (χ0v) is 13.3. The van der Waals surface area contributed by atoms with Crippen molar-refractivity contribution in [3.63, 3.8) is 0 Å². The molecule has 0 unspecified atom stereocenters. The molecule has 2 aromatic rings. The number of nitrogens with one attached hydrogen (secondary N) is 1. The Morgan fingerprint density at radius 3 is 2.30 bits per heavy atom. The van der Waals surface area contributed by atoms with Crippen LogP contribution in [0.5, 0.6) is 0 Å². The second-order valence-corrected chi connectivity index (χ2v) is 7.02. The Morgan fingerprint density at radius 2 is 1.80 bits per heavy atom. The van der Waals surface area contributed by atoms with Crippen LogP contribution in [0, 0.1) is 0 Å². The summed E-state index contributed by atoms with van der Waals surface area (Å²) in [6.45, 7) is 8.51. The first kappa shape index (κ1) is 14.8. The molecular weight excluding hydrogens is 266 g/mol. The van der Waals surface area contributed by atoms with Crippen molar-refractivity contribution in [3.8, 4) is 0 Å². The van der Waals surface area contributed by atoms with Gasteiger partial charge in [-0.25, -0.2) is 0 Å². The Morgan fingerprint density at radius 1 is 1.15 bits per heavy atom. The fraction of sp³-hybridized carbons (Fsp3) is 0.353. The molecule has 0 spiro atoms. The summed E-state index contributed by atoms with van der Waals surface area (Å²) in [6, 6.07) is 12.0. The Kier molecular flexibility index (Phi) is 4.29. The summed E-state index contributed by atoms with van der Waals surface area (Å²) < 4.78 is 0. The van der Waals surface area contributed by atoms with Crippen molar-refractivity contribution in [1.29, 1.82) is 0 Å². The van der Waals surface area contributed by atoms with Crippen molar-refractivity contribution in [3.05, 3.63) is 57.8 Å². The maximum Gasteiger partial charge on any atom is 0.251 e. The number of amides is 1. The highest BCUT2D eigenvalue weighted by Crippen LogP contribution is 2.23. The minimum Gasteiger partial charge on any atom is -0.345 e. The third kappa shape index (κ3) is 3.48. The summed E-state index contributed by atoms with van der Waals surface area (Å²) in [5, 5.41) is 5.05. The van der Waals surface area contributed by atoms with E-state index in [4.69, 9.17) is 0 Å². The molecule has 1 aromatic carbocycles. The number of hydrogen-bond acceptors (Lipinski definition) is 2. The van der Waals surface area contributed by atoms with E-state index >= 15 is 0 Å². The molecule has 1 N–H and O–H groups in total. The maximum absolute atomic E-state index is 12.2. The molecule has 106 valence electrons. The summed E-state index contributed by atoms with van der Waals surface area (Å²) in [7, 11) is 0. The van der Waals surface area contributed by atoms with Gasteiger partial charge in [-0.2, -0.15) is 0 Å². The van der Waals surface area contributed by atoms with Crippen molar-refractivity contribution >= 4 is 17.2 Å². The molecule has 0 radical (unpaired) electrons. The second-order valence-electron chi connectivity index (χ2n) is 6.04. The van der Waals surface area contributed by atoms with Crippen LogP contribution in [-0.2, 0) is 5.41 Å². The Balaban J connectivity index is 2.06. The minimum atomic E-state index is -0.0219. The average Bonchev–Trinajstić information content (AvgIpc) is 2.91. The van der Waals surface area contributed by atoms with E-state index in [1.54, 1.807) is 11.3 Å². The topological polar surface area (TPSA) is 29.1 Å². The highest BCUT2D eigenvalue weighted by atomic mass is 32.1. The molecule has 0 bridgehead atoms. The van der Waals surface area contributed by atoms with Gasteiger partial charge >= 0.3 is 0 Å². The molecule has 0 aliphatic carbocycles. The molecule has 2 nitrogen and oxygen atoms in total. The van der Waals surface area contributed by atoms with Crippen LogP contribution in [0.15, 0.2) is 41.8 Å². The first-order chi connectivity index (χ1) is 9.38. The Bertz CT molecular complexity index is 564. The molecule has 20 heavy (non-hydrogen) atoms.